The summed E-state index contributed by atoms with van der Waals surface area (Å²) in [7, 11) is -3.31. The first-order valence-corrected chi connectivity index (χ1v) is 13.9. The lowest BCUT2D eigenvalue weighted by Gasteiger charge is -2.12. The van der Waals surface area contributed by atoms with E-state index in [1.807, 2.05) is 6.08 Å². The molecule has 1 amide bonds. The molecule has 0 bridgehead atoms. The molecule has 0 radical (unpaired) electrons. The number of thiazole rings is 1. The summed E-state index contributed by atoms with van der Waals surface area (Å²) < 4.78 is 29.9. The van der Waals surface area contributed by atoms with Crippen LogP contribution in [-0.4, -0.2) is 42.2 Å². The zero-order valence-corrected chi connectivity index (χ0v) is 20.5. The minimum atomic E-state index is -3.31. The van der Waals surface area contributed by atoms with Crippen molar-refractivity contribution in [1.82, 2.24) is 4.98 Å². The van der Waals surface area contributed by atoms with Gasteiger partial charge in [-0.2, -0.15) is 0 Å². The van der Waals surface area contributed by atoms with Crippen LogP contribution in [0.5, 0.6) is 0 Å². The molecule has 2 saturated carbocycles. The lowest BCUT2D eigenvalue weighted by Crippen LogP contribution is -2.17. The molecule has 2 aliphatic rings. The van der Waals surface area contributed by atoms with E-state index in [-0.39, 0.29) is 39.4 Å². The Labute approximate surface area is 203 Å². The van der Waals surface area contributed by atoms with Crippen molar-refractivity contribution in [1.29, 1.82) is 0 Å². The average Bonchev–Trinajstić information content (AvgIpc) is 3.39. The van der Waals surface area contributed by atoms with Gasteiger partial charge in [-0.25, -0.2) is 18.2 Å². The number of hydrogen-bond donors (Lipinski definition) is 2. The highest BCUT2D eigenvalue weighted by molar-refractivity contribution is 7.92. The Balaban J connectivity index is 1.55. The Hall–Kier alpha value is -2.56. The smallest absolute Gasteiger partial charge is 0.341 e. The summed E-state index contributed by atoms with van der Waals surface area (Å²) in [4.78, 5) is 29.4. The van der Waals surface area contributed by atoms with E-state index in [2.05, 4.69) is 10.3 Å². The van der Waals surface area contributed by atoms with E-state index in [0.29, 0.717) is 24.0 Å². The quantitative estimate of drug-likeness (QED) is 0.392. The summed E-state index contributed by atoms with van der Waals surface area (Å²) in [6.45, 7) is 1.78. The summed E-state index contributed by atoms with van der Waals surface area (Å²) in [5, 5.41) is 14.3. The van der Waals surface area contributed by atoms with Gasteiger partial charge in [0, 0.05) is 11.0 Å². The van der Waals surface area contributed by atoms with E-state index in [1.54, 1.807) is 31.2 Å². The monoisotopic (exact) mass is 504 g/mol. The maximum atomic E-state index is 13.2. The molecule has 1 aromatic heterocycles. The Bertz CT molecular complexity index is 1180. The minimum absolute atomic E-state index is 0.106. The van der Waals surface area contributed by atoms with Crippen LogP contribution in [0.1, 0.15) is 62.8 Å². The topological polar surface area (TPSA) is 123 Å². The van der Waals surface area contributed by atoms with E-state index in [4.69, 9.17) is 4.74 Å². The molecule has 2 N–H and O–H groups in total. The molecule has 2 aromatic rings. The lowest BCUT2D eigenvalue weighted by molar-refractivity contribution is -0.153. The summed E-state index contributed by atoms with van der Waals surface area (Å²) in [5.74, 6) is -0.905. The molecule has 34 heavy (non-hydrogen) atoms. The molecule has 0 saturated heterocycles. The number of aromatic nitrogens is 1. The van der Waals surface area contributed by atoms with Gasteiger partial charge in [-0.05, 0) is 56.2 Å². The van der Waals surface area contributed by atoms with Gasteiger partial charge < -0.3 is 9.84 Å². The third kappa shape index (κ3) is 5.56. The number of anilines is 1. The van der Waals surface area contributed by atoms with Crippen molar-refractivity contribution in [3.05, 3.63) is 47.0 Å². The molecule has 8 nitrogen and oxygen atoms in total. The summed E-state index contributed by atoms with van der Waals surface area (Å²) in [6, 6.07) is 6.48. The number of esters is 1. The number of nitrogens with zero attached hydrogens (tertiary/aromatic N) is 1. The molecule has 10 heteroatoms. The number of aliphatic hydroxyl groups is 1. The van der Waals surface area contributed by atoms with Crippen LogP contribution < -0.4 is 5.32 Å². The molecular weight excluding hydrogens is 476 g/mol. The Morgan fingerprint density at radius 1 is 1.21 bits per heavy atom. The van der Waals surface area contributed by atoms with Crippen molar-refractivity contribution in [2.45, 2.75) is 61.7 Å². The SMILES string of the molecule is CCOC(=O)C(O)c1csc(NC(=O)C(=CC2CCCC2)c2ccc(S(=O)(=O)C3CC3)cc2)n1. The maximum absolute atomic E-state index is 13.2. The van der Waals surface area contributed by atoms with Crippen molar-refractivity contribution in [2.24, 2.45) is 5.92 Å². The second-order valence-corrected chi connectivity index (χ2v) is 11.7. The number of allylic oxidation sites excluding steroid dienone is 1. The molecular formula is C24H28N2O6S2. The van der Waals surface area contributed by atoms with Crippen LogP contribution in [0, 0.1) is 5.92 Å². The normalized spacial score (nSPS) is 18.0. The van der Waals surface area contributed by atoms with Crippen molar-refractivity contribution in [3.8, 4) is 0 Å². The lowest BCUT2D eigenvalue weighted by atomic mass is 9.98. The van der Waals surface area contributed by atoms with Crippen molar-refractivity contribution >= 4 is 43.8 Å². The van der Waals surface area contributed by atoms with Gasteiger partial charge in [-0.1, -0.05) is 31.1 Å². The molecule has 0 spiro atoms. The van der Waals surface area contributed by atoms with E-state index in [9.17, 15) is 23.1 Å². The van der Waals surface area contributed by atoms with E-state index in [1.165, 1.54) is 5.38 Å². The number of aliphatic hydroxyl groups excluding tert-OH is 1. The van der Waals surface area contributed by atoms with Gasteiger partial charge in [0.25, 0.3) is 5.91 Å². The highest BCUT2D eigenvalue weighted by Crippen LogP contribution is 2.35. The zero-order chi connectivity index (χ0) is 24.3. The third-order valence-electron chi connectivity index (χ3n) is 6.04. The van der Waals surface area contributed by atoms with Crippen LogP contribution in [0.2, 0.25) is 0 Å². The molecule has 1 atom stereocenters. The summed E-state index contributed by atoms with van der Waals surface area (Å²) >= 11 is 1.10. The van der Waals surface area contributed by atoms with Crippen LogP contribution in [-0.2, 0) is 24.2 Å². The second-order valence-electron chi connectivity index (χ2n) is 8.58. The molecule has 1 aromatic carbocycles. The van der Waals surface area contributed by atoms with Gasteiger partial charge >= 0.3 is 5.97 Å². The fourth-order valence-electron chi connectivity index (χ4n) is 4.03. The number of rotatable bonds is 9. The van der Waals surface area contributed by atoms with E-state index < -0.39 is 21.9 Å². The first-order chi connectivity index (χ1) is 16.3. The average molecular weight is 505 g/mol. The first-order valence-electron chi connectivity index (χ1n) is 11.5. The molecule has 1 heterocycles. The van der Waals surface area contributed by atoms with Crippen LogP contribution in [0.15, 0.2) is 40.6 Å². The van der Waals surface area contributed by atoms with Crippen LogP contribution in [0.3, 0.4) is 0 Å². The van der Waals surface area contributed by atoms with Crippen molar-refractivity contribution in [2.75, 3.05) is 11.9 Å². The fourth-order valence-corrected chi connectivity index (χ4v) is 6.41. The summed E-state index contributed by atoms with van der Waals surface area (Å²) in [5.41, 5.74) is 1.18. The number of sulfone groups is 1. The first kappa shape index (κ1) is 24.6. The molecule has 2 fully saturated rings. The second kappa shape index (κ2) is 10.4. The van der Waals surface area contributed by atoms with Crippen LogP contribution in [0.25, 0.3) is 5.57 Å². The fraction of sp³-hybridized carbons (Fsp3) is 0.458. The highest BCUT2D eigenvalue weighted by Gasteiger charge is 2.36. The molecule has 4 rings (SSSR count). The number of nitrogens with one attached hydrogen (secondary N) is 1. The van der Waals surface area contributed by atoms with E-state index >= 15 is 0 Å². The zero-order valence-electron chi connectivity index (χ0n) is 18.9. The predicted molar refractivity (Wildman–Crippen MR) is 129 cm³/mol. The number of carbonyl (C=O) groups is 2. The largest absolute Gasteiger partial charge is 0.464 e. The van der Waals surface area contributed by atoms with Crippen LogP contribution >= 0.6 is 11.3 Å². The Morgan fingerprint density at radius 2 is 1.88 bits per heavy atom. The van der Waals surface area contributed by atoms with Gasteiger partial charge in [0.15, 0.2) is 21.1 Å². The summed E-state index contributed by atoms with van der Waals surface area (Å²) in [6.07, 6.45) is 6.04. The number of hydrogen-bond acceptors (Lipinski definition) is 8. The molecule has 182 valence electrons. The van der Waals surface area contributed by atoms with E-state index in [0.717, 1.165) is 37.0 Å². The van der Waals surface area contributed by atoms with Crippen molar-refractivity contribution < 1.29 is 27.9 Å². The molecule has 1 unspecified atom stereocenters. The number of ether oxygens (including phenoxy) is 1. The third-order valence-corrected chi connectivity index (χ3v) is 9.09. The Kier molecular flexibility index (Phi) is 7.49. The van der Waals surface area contributed by atoms with Crippen LogP contribution in [0.4, 0.5) is 5.13 Å². The maximum Gasteiger partial charge on any atom is 0.341 e. The number of amides is 1. The van der Waals surface area contributed by atoms with Crippen molar-refractivity contribution in [3.63, 3.8) is 0 Å². The van der Waals surface area contributed by atoms with Gasteiger partial charge in [0.1, 0.15) is 0 Å². The standard InChI is InChI=1S/C24H28N2O6S2/c1-2-32-23(29)21(27)20-14-33-24(25-20)26-22(28)19(13-15-5-3-4-6-15)16-7-9-17(10-8-16)34(30,31)18-11-12-18/h7-10,13-15,18,21,27H,2-6,11-12H2,1H3,(H,25,26,28). The Morgan fingerprint density at radius 3 is 2.50 bits per heavy atom. The van der Waals surface area contributed by atoms with Gasteiger partial charge in [-0.15, -0.1) is 11.3 Å². The molecule has 0 aliphatic heterocycles. The van der Waals surface area contributed by atoms with Gasteiger partial charge in [0.2, 0.25) is 0 Å². The predicted octanol–water partition coefficient (Wildman–Crippen LogP) is 3.89. The van der Waals surface area contributed by atoms with Gasteiger partial charge in [0.05, 0.1) is 22.4 Å². The number of benzene rings is 1. The minimum Gasteiger partial charge on any atom is -0.464 e. The number of carbonyl (C=O) groups excluding carboxylic acids is 2. The highest BCUT2D eigenvalue weighted by atomic mass is 32.2. The van der Waals surface area contributed by atoms with Gasteiger partial charge in [-0.3, -0.25) is 10.1 Å². The molecule has 2 aliphatic carbocycles.